The van der Waals surface area contributed by atoms with E-state index in [2.05, 4.69) is 5.32 Å². The van der Waals surface area contributed by atoms with Gasteiger partial charge in [0.25, 0.3) is 10.0 Å². The van der Waals surface area contributed by atoms with Crippen molar-refractivity contribution in [3.05, 3.63) is 54.1 Å². The predicted octanol–water partition coefficient (Wildman–Crippen LogP) is 2.33. The molecule has 1 amide bonds. The molecule has 0 fully saturated rings. The lowest BCUT2D eigenvalue weighted by Crippen LogP contribution is -2.36. The summed E-state index contributed by atoms with van der Waals surface area (Å²) in [6.07, 6.45) is 0.924. The van der Waals surface area contributed by atoms with Crippen molar-refractivity contribution in [3.63, 3.8) is 0 Å². The number of nitrogens with zero attached hydrogens (tertiary/aromatic N) is 2. The van der Waals surface area contributed by atoms with E-state index in [1.807, 2.05) is 37.2 Å². The minimum Gasteiger partial charge on any atom is -0.326 e. The number of amides is 1. The summed E-state index contributed by atoms with van der Waals surface area (Å²) in [6.45, 7) is 0.961. The molecule has 3 rings (SSSR count). The Morgan fingerprint density at radius 1 is 1.00 bits per heavy atom. The molecule has 0 radical (unpaired) electrons. The van der Waals surface area contributed by atoms with Crippen LogP contribution in [-0.4, -0.2) is 46.4 Å². The highest BCUT2D eigenvalue weighted by Crippen LogP contribution is 2.29. The van der Waals surface area contributed by atoms with Gasteiger partial charge in [-0.1, -0.05) is 18.2 Å². The van der Waals surface area contributed by atoms with Crippen molar-refractivity contribution in [2.45, 2.75) is 17.7 Å². The monoisotopic (exact) mass is 373 g/mol. The summed E-state index contributed by atoms with van der Waals surface area (Å²) in [6, 6.07) is 14.0. The highest BCUT2D eigenvalue weighted by atomic mass is 32.2. The first kappa shape index (κ1) is 18.4. The average Bonchev–Trinajstić information content (AvgIpc) is 2.61. The van der Waals surface area contributed by atoms with Crippen molar-refractivity contribution < 1.29 is 13.2 Å². The number of aryl methyl sites for hydroxylation is 1. The molecule has 0 spiro atoms. The normalized spacial score (nSPS) is 14.0. The fourth-order valence-corrected chi connectivity index (χ4v) is 4.43. The van der Waals surface area contributed by atoms with Gasteiger partial charge in [0.2, 0.25) is 5.91 Å². The highest BCUT2D eigenvalue weighted by Gasteiger charge is 2.26. The summed E-state index contributed by atoms with van der Waals surface area (Å²) in [5.74, 6) is -0.0370. The molecule has 0 aliphatic carbocycles. The van der Waals surface area contributed by atoms with Gasteiger partial charge in [0.1, 0.15) is 0 Å². The zero-order chi connectivity index (χ0) is 18.7. The van der Waals surface area contributed by atoms with Crippen molar-refractivity contribution in [1.82, 2.24) is 4.90 Å². The number of benzene rings is 2. The van der Waals surface area contributed by atoms with E-state index in [-0.39, 0.29) is 10.8 Å². The number of rotatable bonds is 6. The van der Waals surface area contributed by atoms with E-state index in [1.54, 1.807) is 30.3 Å². The number of hydrogen-bond acceptors (Lipinski definition) is 4. The molecule has 0 atom stereocenters. The standard InChI is InChI=1S/C19H23N3O3S/c1-21(2)12-13-22(16-6-4-3-5-7-16)26(24,25)17-9-10-18-15(14-17)8-11-19(23)20-18/h3-7,9-10,14H,8,11-13H2,1-2H3,(H,20,23). The molecule has 7 heteroatoms. The fourth-order valence-electron chi connectivity index (χ4n) is 2.92. The van der Waals surface area contributed by atoms with E-state index >= 15 is 0 Å². The lowest BCUT2D eigenvalue weighted by Gasteiger charge is -2.27. The highest BCUT2D eigenvalue weighted by molar-refractivity contribution is 7.92. The number of anilines is 2. The van der Waals surface area contributed by atoms with Crippen LogP contribution >= 0.6 is 0 Å². The van der Waals surface area contributed by atoms with E-state index < -0.39 is 10.0 Å². The van der Waals surface area contributed by atoms with Gasteiger partial charge in [0.15, 0.2) is 0 Å². The molecule has 1 aliphatic rings. The van der Waals surface area contributed by atoms with Crippen molar-refractivity contribution in [3.8, 4) is 0 Å². The van der Waals surface area contributed by atoms with Crippen LogP contribution in [0.25, 0.3) is 0 Å². The quantitative estimate of drug-likeness (QED) is 0.844. The molecule has 0 unspecified atom stereocenters. The zero-order valence-corrected chi connectivity index (χ0v) is 15.8. The second-order valence-electron chi connectivity index (χ2n) is 6.58. The van der Waals surface area contributed by atoms with E-state index in [0.29, 0.717) is 37.3 Å². The number of carbonyl (C=O) groups is 1. The maximum Gasteiger partial charge on any atom is 0.264 e. The maximum atomic E-state index is 13.3. The molecule has 0 saturated carbocycles. The molecule has 0 aromatic heterocycles. The third-order valence-corrected chi connectivity index (χ3v) is 6.18. The molecule has 1 heterocycles. The van der Waals surface area contributed by atoms with E-state index in [0.717, 1.165) is 5.56 Å². The number of hydrogen-bond donors (Lipinski definition) is 1. The number of nitrogens with one attached hydrogen (secondary N) is 1. The van der Waals surface area contributed by atoms with Crippen LogP contribution in [0.3, 0.4) is 0 Å². The summed E-state index contributed by atoms with van der Waals surface area (Å²) >= 11 is 0. The molecule has 1 N–H and O–H groups in total. The number of likely N-dealkylation sites (N-methyl/N-ethyl adjacent to an activating group) is 1. The summed E-state index contributed by atoms with van der Waals surface area (Å²) in [4.78, 5) is 13.7. The van der Waals surface area contributed by atoms with E-state index in [4.69, 9.17) is 0 Å². The van der Waals surface area contributed by atoms with Crippen molar-refractivity contribution in [2.24, 2.45) is 0 Å². The van der Waals surface area contributed by atoms with Crippen LogP contribution < -0.4 is 9.62 Å². The third kappa shape index (κ3) is 3.89. The second kappa shape index (κ2) is 7.47. The molecule has 0 bridgehead atoms. The summed E-state index contributed by atoms with van der Waals surface area (Å²) in [7, 11) is 0.125. The molecular weight excluding hydrogens is 350 g/mol. The maximum absolute atomic E-state index is 13.3. The molecule has 2 aromatic rings. The van der Waals surface area contributed by atoms with Crippen molar-refractivity contribution >= 4 is 27.3 Å². The van der Waals surface area contributed by atoms with Crippen LogP contribution in [0.15, 0.2) is 53.4 Å². The second-order valence-corrected chi connectivity index (χ2v) is 8.45. The Bertz CT molecular complexity index is 896. The summed E-state index contributed by atoms with van der Waals surface area (Å²) in [5.41, 5.74) is 2.19. The minimum absolute atomic E-state index is 0.0370. The van der Waals surface area contributed by atoms with Crippen molar-refractivity contribution in [1.29, 1.82) is 0 Å². The van der Waals surface area contributed by atoms with Crippen molar-refractivity contribution in [2.75, 3.05) is 36.8 Å². The van der Waals surface area contributed by atoms with Gasteiger partial charge in [-0.3, -0.25) is 9.10 Å². The van der Waals surface area contributed by atoms with Gasteiger partial charge in [-0.25, -0.2) is 8.42 Å². The zero-order valence-electron chi connectivity index (χ0n) is 15.0. The molecular formula is C19H23N3O3S. The first-order valence-corrected chi connectivity index (χ1v) is 9.97. The SMILES string of the molecule is CN(C)CCN(c1ccccc1)S(=O)(=O)c1ccc2c(c1)CCC(=O)N2. The first-order valence-electron chi connectivity index (χ1n) is 8.53. The topological polar surface area (TPSA) is 69.7 Å². The number of fused-ring (bicyclic) bond motifs is 1. The smallest absolute Gasteiger partial charge is 0.264 e. The van der Waals surface area contributed by atoms with Gasteiger partial charge in [-0.05, 0) is 56.4 Å². The van der Waals surface area contributed by atoms with Crippen LogP contribution in [0.4, 0.5) is 11.4 Å². The van der Waals surface area contributed by atoms with Crippen LogP contribution in [0.2, 0.25) is 0 Å². The van der Waals surface area contributed by atoms with Gasteiger partial charge in [-0.2, -0.15) is 0 Å². The van der Waals surface area contributed by atoms with Gasteiger partial charge in [0, 0.05) is 25.2 Å². The van der Waals surface area contributed by atoms with Crippen LogP contribution in [-0.2, 0) is 21.2 Å². The molecule has 0 saturated heterocycles. The Morgan fingerprint density at radius 2 is 1.73 bits per heavy atom. The number of sulfonamides is 1. The Morgan fingerprint density at radius 3 is 2.42 bits per heavy atom. The Hall–Kier alpha value is -2.38. The average molecular weight is 373 g/mol. The number of carbonyl (C=O) groups excluding carboxylic acids is 1. The van der Waals surface area contributed by atoms with Crippen LogP contribution in [0.1, 0.15) is 12.0 Å². The Kier molecular flexibility index (Phi) is 5.29. The van der Waals surface area contributed by atoms with Gasteiger partial charge >= 0.3 is 0 Å². The lowest BCUT2D eigenvalue weighted by atomic mass is 10.0. The fraction of sp³-hybridized carbons (Fsp3) is 0.316. The third-order valence-electron chi connectivity index (χ3n) is 4.35. The van der Waals surface area contributed by atoms with Gasteiger partial charge in [-0.15, -0.1) is 0 Å². The van der Waals surface area contributed by atoms with Crippen LogP contribution in [0, 0.1) is 0 Å². The molecule has 6 nitrogen and oxygen atoms in total. The summed E-state index contributed by atoms with van der Waals surface area (Å²) < 4.78 is 28.1. The van der Waals surface area contributed by atoms with E-state index in [9.17, 15) is 13.2 Å². The largest absolute Gasteiger partial charge is 0.326 e. The van der Waals surface area contributed by atoms with Gasteiger partial charge in [0.05, 0.1) is 10.6 Å². The first-order chi connectivity index (χ1) is 12.4. The Labute approximate surface area is 154 Å². The Balaban J connectivity index is 1.98. The molecule has 26 heavy (non-hydrogen) atoms. The lowest BCUT2D eigenvalue weighted by molar-refractivity contribution is -0.116. The molecule has 2 aromatic carbocycles. The molecule has 138 valence electrons. The molecule has 1 aliphatic heterocycles. The minimum atomic E-state index is -3.70. The number of para-hydroxylation sites is 1. The summed E-state index contributed by atoms with van der Waals surface area (Å²) in [5, 5.41) is 2.79. The van der Waals surface area contributed by atoms with Gasteiger partial charge < -0.3 is 10.2 Å². The van der Waals surface area contributed by atoms with E-state index in [1.165, 1.54) is 4.31 Å². The predicted molar refractivity (Wildman–Crippen MR) is 103 cm³/mol. The van der Waals surface area contributed by atoms with Crippen LogP contribution in [0.5, 0.6) is 0 Å².